The van der Waals surface area contributed by atoms with Gasteiger partial charge in [0.2, 0.25) is 5.91 Å². The third-order valence-corrected chi connectivity index (χ3v) is 4.78. The molecule has 0 bridgehead atoms. The SMILES string of the molecule is CC1CCN(C(=O)C(C)(C)c2cccc(Br)c2)CC1O. The van der Waals surface area contributed by atoms with Crippen molar-refractivity contribution >= 4 is 21.8 Å². The lowest BCUT2D eigenvalue weighted by molar-refractivity contribution is -0.140. The van der Waals surface area contributed by atoms with Crippen molar-refractivity contribution in [3.63, 3.8) is 0 Å². The summed E-state index contributed by atoms with van der Waals surface area (Å²) in [5.74, 6) is 0.356. The lowest BCUT2D eigenvalue weighted by Crippen LogP contribution is -2.51. The zero-order valence-electron chi connectivity index (χ0n) is 12.3. The molecule has 2 rings (SSSR count). The number of nitrogens with zero attached hydrogens (tertiary/aromatic N) is 1. The Morgan fingerprint density at radius 2 is 2.15 bits per heavy atom. The number of amides is 1. The minimum atomic E-state index is -0.579. The average Bonchev–Trinajstić information content (AvgIpc) is 2.41. The molecule has 2 unspecified atom stereocenters. The normalized spacial score (nSPS) is 23.8. The predicted molar refractivity (Wildman–Crippen MR) is 83.5 cm³/mol. The highest BCUT2D eigenvalue weighted by molar-refractivity contribution is 9.10. The van der Waals surface area contributed by atoms with Gasteiger partial charge in [0.25, 0.3) is 0 Å². The molecule has 1 fully saturated rings. The van der Waals surface area contributed by atoms with E-state index in [0.29, 0.717) is 6.54 Å². The molecule has 4 heteroatoms. The van der Waals surface area contributed by atoms with E-state index in [9.17, 15) is 9.90 Å². The Bertz CT molecular complexity index is 501. The lowest BCUT2D eigenvalue weighted by atomic mass is 9.82. The molecule has 1 aromatic rings. The highest BCUT2D eigenvalue weighted by Gasteiger charge is 2.37. The van der Waals surface area contributed by atoms with Gasteiger partial charge in [0.15, 0.2) is 0 Å². The van der Waals surface area contributed by atoms with Crippen molar-refractivity contribution < 1.29 is 9.90 Å². The van der Waals surface area contributed by atoms with Crippen molar-refractivity contribution in [2.24, 2.45) is 5.92 Å². The van der Waals surface area contributed by atoms with Gasteiger partial charge in [0.1, 0.15) is 0 Å². The number of halogens is 1. The van der Waals surface area contributed by atoms with Gasteiger partial charge in [-0.2, -0.15) is 0 Å². The van der Waals surface area contributed by atoms with Crippen molar-refractivity contribution in [2.75, 3.05) is 13.1 Å². The van der Waals surface area contributed by atoms with Crippen molar-refractivity contribution in [1.82, 2.24) is 4.90 Å². The molecule has 110 valence electrons. The van der Waals surface area contributed by atoms with Crippen LogP contribution >= 0.6 is 15.9 Å². The van der Waals surface area contributed by atoms with Gasteiger partial charge in [-0.1, -0.05) is 35.0 Å². The van der Waals surface area contributed by atoms with E-state index in [1.165, 1.54) is 0 Å². The molecule has 0 aromatic heterocycles. The highest BCUT2D eigenvalue weighted by atomic mass is 79.9. The Morgan fingerprint density at radius 3 is 2.75 bits per heavy atom. The van der Waals surface area contributed by atoms with E-state index >= 15 is 0 Å². The number of benzene rings is 1. The molecular weight excluding hydrogens is 318 g/mol. The number of piperidine rings is 1. The molecule has 0 radical (unpaired) electrons. The van der Waals surface area contributed by atoms with Gasteiger partial charge in [0, 0.05) is 17.6 Å². The third kappa shape index (κ3) is 3.07. The molecule has 1 aliphatic heterocycles. The molecule has 2 atom stereocenters. The maximum Gasteiger partial charge on any atom is 0.232 e. The third-order valence-electron chi connectivity index (χ3n) is 4.29. The average molecular weight is 340 g/mol. The summed E-state index contributed by atoms with van der Waals surface area (Å²) in [4.78, 5) is 14.6. The first-order chi connectivity index (χ1) is 9.32. The van der Waals surface area contributed by atoms with Crippen LogP contribution in [0, 0.1) is 5.92 Å². The first kappa shape index (κ1) is 15.5. The van der Waals surface area contributed by atoms with E-state index in [1.807, 2.05) is 45.0 Å². The van der Waals surface area contributed by atoms with E-state index in [0.717, 1.165) is 23.0 Å². The zero-order chi connectivity index (χ0) is 14.9. The monoisotopic (exact) mass is 339 g/mol. The summed E-state index contributed by atoms with van der Waals surface area (Å²) < 4.78 is 0.975. The fourth-order valence-corrected chi connectivity index (χ4v) is 3.03. The molecule has 1 N–H and O–H groups in total. The van der Waals surface area contributed by atoms with Crippen LogP contribution in [0.1, 0.15) is 32.8 Å². The summed E-state index contributed by atoms with van der Waals surface area (Å²) in [5.41, 5.74) is 0.411. The van der Waals surface area contributed by atoms with Gasteiger partial charge in [-0.05, 0) is 43.9 Å². The number of carbonyl (C=O) groups excluding carboxylic acids is 1. The van der Waals surface area contributed by atoms with Gasteiger partial charge < -0.3 is 10.0 Å². The van der Waals surface area contributed by atoms with Gasteiger partial charge in [-0.3, -0.25) is 4.79 Å². The van der Waals surface area contributed by atoms with Crippen molar-refractivity contribution in [3.8, 4) is 0 Å². The minimum absolute atomic E-state index is 0.0848. The zero-order valence-corrected chi connectivity index (χ0v) is 13.9. The predicted octanol–water partition coefficient (Wildman–Crippen LogP) is 2.96. The van der Waals surface area contributed by atoms with Crippen LogP contribution in [0.2, 0.25) is 0 Å². The summed E-state index contributed by atoms with van der Waals surface area (Å²) in [6.45, 7) is 7.10. The lowest BCUT2D eigenvalue weighted by Gasteiger charge is -2.38. The van der Waals surface area contributed by atoms with E-state index in [2.05, 4.69) is 15.9 Å². The number of aliphatic hydroxyl groups excluding tert-OH is 1. The van der Waals surface area contributed by atoms with Crippen LogP contribution in [-0.4, -0.2) is 35.1 Å². The van der Waals surface area contributed by atoms with Gasteiger partial charge in [0.05, 0.1) is 11.5 Å². The number of aliphatic hydroxyl groups is 1. The van der Waals surface area contributed by atoms with Gasteiger partial charge in [-0.15, -0.1) is 0 Å². The first-order valence-electron chi connectivity index (χ1n) is 7.06. The van der Waals surface area contributed by atoms with Crippen molar-refractivity contribution in [2.45, 2.75) is 38.7 Å². The van der Waals surface area contributed by atoms with Crippen LogP contribution in [0.4, 0.5) is 0 Å². The standard InChI is InChI=1S/C16H22BrNO2/c1-11-7-8-18(10-14(11)19)15(20)16(2,3)12-5-4-6-13(17)9-12/h4-6,9,11,14,19H,7-8,10H2,1-3H3. The summed E-state index contributed by atoms with van der Waals surface area (Å²) in [7, 11) is 0. The number of β-amino-alcohol motifs (C(OH)–C–C–N with tert-alkyl or cyclic N) is 1. The fraction of sp³-hybridized carbons (Fsp3) is 0.562. The molecule has 0 spiro atoms. The maximum atomic E-state index is 12.8. The number of likely N-dealkylation sites (tertiary alicyclic amines) is 1. The molecule has 1 saturated heterocycles. The topological polar surface area (TPSA) is 40.5 Å². The fourth-order valence-electron chi connectivity index (χ4n) is 2.63. The van der Waals surface area contributed by atoms with Crippen LogP contribution < -0.4 is 0 Å². The van der Waals surface area contributed by atoms with Gasteiger partial charge >= 0.3 is 0 Å². The van der Waals surface area contributed by atoms with E-state index < -0.39 is 11.5 Å². The molecule has 0 saturated carbocycles. The molecule has 0 aliphatic carbocycles. The number of rotatable bonds is 2. The van der Waals surface area contributed by atoms with Crippen LogP contribution in [0.3, 0.4) is 0 Å². The second-order valence-electron chi connectivity index (χ2n) is 6.22. The molecule has 1 aromatic carbocycles. The second-order valence-corrected chi connectivity index (χ2v) is 7.14. The smallest absolute Gasteiger partial charge is 0.232 e. The summed E-state index contributed by atoms with van der Waals surface area (Å²) >= 11 is 3.45. The Hall–Kier alpha value is -0.870. The van der Waals surface area contributed by atoms with E-state index in [-0.39, 0.29) is 11.8 Å². The number of hydrogen-bond acceptors (Lipinski definition) is 2. The quantitative estimate of drug-likeness (QED) is 0.899. The number of carbonyl (C=O) groups is 1. The molecular formula is C16H22BrNO2. The molecule has 1 heterocycles. The number of hydrogen-bond donors (Lipinski definition) is 1. The first-order valence-corrected chi connectivity index (χ1v) is 7.85. The molecule has 1 amide bonds. The van der Waals surface area contributed by atoms with Crippen LogP contribution in [0.15, 0.2) is 28.7 Å². The second kappa shape index (κ2) is 5.86. The molecule has 1 aliphatic rings. The van der Waals surface area contributed by atoms with Gasteiger partial charge in [-0.25, -0.2) is 0 Å². The Kier molecular flexibility index (Phi) is 4.55. The van der Waals surface area contributed by atoms with Crippen molar-refractivity contribution in [1.29, 1.82) is 0 Å². The van der Waals surface area contributed by atoms with Crippen LogP contribution in [0.25, 0.3) is 0 Å². The maximum absolute atomic E-state index is 12.8. The van der Waals surface area contributed by atoms with Crippen LogP contribution in [-0.2, 0) is 10.2 Å². The van der Waals surface area contributed by atoms with E-state index in [1.54, 1.807) is 4.90 Å². The molecule has 3 nitrogen and oxygen atoms in total. The largest absolute Gasteiger partial charge is 0.391 e. The Balaban J connectivity index is 2.19. The van der Waals surface area contributed by atoms with Crippen molar-refractivity contribution in [3.05, 3.63) is 34.3 Å². The Morgan fingerprint density at radius 1 is 1.45 bits per heavy atom. The Labute approximate surface area is 129 Å². The van der Waals surface area contributed by atoms with Crippen LogP contribution in [0.5, 0.6) is 0 Å². The summed E-state index contributed by atoms with van der Waals surface area (Å²) in [6.07, 6.45) is 0.451. The molecule has 20 heavy (non-hydrogen) atoms. The van der Waals surface area contributed by atoms with E-state index in [4.69, 9.17) is 0 Å². The summed E-state index contributed by atoms with van der Waals surface area (Å²) in [5, 5.41) is 9.98. The summed E-state index contributed by atoms with van der Waals surface area (Å²) in [6, 6.07) is 7.87. The highest BCUT2D eigenvalue weighted by Crippen LogP contribution is 2.29. The minimum Gasteiger partial charge on any atom is -0.391 e.